The number of ether oxygens (including phenoxy) is 1. The lowest BCUT2D eigenvalue weighted by Crippen LogP contribution is -3.11. The number of nitrogens with one attached hydrogen (secondary N) is 2. The van der Waals surface area contributed by atoms with Gasteiger partial charge in [0.05, 0.1) is 19.8 Å². The Morgan fingerprint density at radius 1 is 1.10 bits per heavy atom. The summed E-state index contributed by atoms with van der Waals surface area (Å²) in [6, 6.07) is 8.11. The number of fused-ring (bicyclic) bond motifs is 1. The molecule has 0 bridgehead atoms. The minimum atomic E-state index is -0.876. The van der Waals surface area contributed by atoms with Crippen molar-refractivity contribution in [1.29, 1.82) is 0 Å². The SMILES string of the molecule is NC1(C(=O)N2CCN(C(=O)c3ccc(C4CCC5NCC[NH+]5[N-]4)cc3)CC2)COC1. The van der Waals surface area contributed by atoms with Crippen molar-refractivity contribution in [1.82, 2.24) is 15.1 Å². The highest BCUT2D eigenvalue weighted by molar-refractivity contribution is 5.94. The van der Waals surface area contributed by atoms with Crippen LogP contribution in [0.15, 0.2) is 24.3 Å². The lowest BCUT2D eigenvalue weighted by atomic mass is 9.96. The maximum Gasteiger partial charge on any atom is 0.253 e. The Morgan fingerprint density at radius 2 is 1.80 bits per heavy atom. The molecule has 2 amide bonds. The molecule has 0 spiro atoms. The number of quaternary nitrogens is 1. The lowest BCUT2D eigenvalue weighted by Gasteiger charge is -2.44. The fourth-order valence-corrected chi connectivity index (χ4v) is 4.82. The summed E-state index contributed by atoms with van der Waals surface area (Å²) in [4.78, 5) is 29.0. The van der Waals surface area contributed by atoms with Crippen LogP contribution in [0.5, 0.6) is 0 Å². The molecular formula is C21H30N6O3. The summed E-state index contributed by atoms with van der Waals surface area (Å²) in [5.41, 5.74) is 12.0. The van der Waals surface area contributed by atoms with Gasteiger partial charge in [-0.05, 0) is 12.1 Å². The Kier molecular flexibility index (Phi) is 5.24. The first-order chi connectivity index (χ1) is 14.5. The van der Waals surface area contributed by atoms with Crippen LogP contribution in [-0.2, 0) is 9.53 Å². The van der Waals surface area contributed by atoms with Crippen LogP contribution < -0.4 is 16.1 Å². The zero-order chi connectivity index (χ0) is 20.7. The lowest BCUT2D eigenvalue weighted by molar-refractivity contribution is -0.883. The summed E-state index contributed by atoms with van der Waals surface area (Å²) < 4.78 is 5.09. The number of nitrogens with zero attached hydrogens (tertiary/aromatic N) is 3. The van der Waals surface area contributed by atoms with E-state index in [4.69, 9.17) is 15.9 Å². The highest BCUT2D eigenvalue weighted by Crippen LogP contribution is 2.28. The number of carbonyl (C=O) groups excluding carboxylic acids is 2. The van der Waals surface area contributed by atoms with Crippen LogP contribution in [0.25, 0.3) is 5.43 Å². The maximum atomic E-state index is 12.9. The number of hydrogen-bond acceptors (Lipinski definition) is 5. The molecule has 4 N–H and O–H groups in total. The number of benzene rings is 1. The molecule has 0 aromatic heterocycles. The second-order valence-corrected chi connectivity index (χ2v) is 8.83. The largest absolute Gasteiger partial charge is 0.446 e. The Hall–Kier alpha value is -2.04. The van der Waals surface area contributed by atoms with Crippen molar-refractivity contribution in [2.24, 2.45) is 5.73 Å². The summed E-state index contributed by atoms with van der Waals surface area (Å²) in [7, 11) is 0. The standard InChI is InChI=1S/C21H30N6O3/c22-21(13-30-14-21)20(29)26-11-9-25(10-12-26)19(28)16-3-1-15(2-4-16)17-5-6-18-23-7-8-27(18)24-17/h1-4,17-18,23,27H,5-14,22H2. The second-order valence-electron chi connectivity index (χ2n) is 8.83. The highest BCUT2D eigenvalue weighted by Gasteiger charge is 2.45. The number of hydrogen-bond donors (Lipinski definition) is 3. The van der Waals surface area contributed by atoms with Gasteiger partial charge in [-0.1, -0.05) is 30.2 Å². The topological polar surface area (TPSA) is 106 Å². The first kappa shape index (κ1) is 19.9. The minimum Gasteiger partial charge on any atom is -0.446 e. The molecule has 0 saturated carbocycles. The molecule has 5 rings (SSSR count). The molecule has 3 unspecified atom stereocenters. The van der Waals surface area contributed by atoms with E-state index in [9.17, 15) is 9.59 Å². The number of carbonyl (C=O) groups is 2. The Morgan fingerprint density at radius 3 is 2.47 bits per heavy atom. The van der Waals surface area contributed by atoms with E-state index < -0.39 is 5.54 Å². The van der Waals surface area contributed by atoms with E-state index >= 15 is 0 Å². The van der Waals surface area contributed by atoms with Crippen LogP contribution in [-0.4, -0.2) is 85.8 Å². The molecule has 9 heteroatoms. The summed E-state index contributed by atoms with van der Waals surface area (Å²) in [6.45, 7) is 4.70. The fraction of sp³-hybridized carbons (Fsp3) is 0.619. The summed E-state index contributed by atoms with van der Waals surface area (Å²) in [5.74, 6) is -0.0582. The molecule has 0 radical (unpaired) electrons. The van der Waals surface area contributed by atoms with E-state index in [1.165, 1.54) is 10.6 Å². The molecule has 30 heavy (non-hydrogen) atoms. The third-order valence-electron chi connectivity index (χ3n) is 6.77. The van der Waals surface area contributed by atoms with Crippen molar-refractivity contribution in [3.8, 4) is 0 Å². The van der Waals surface area contributed by atoms with Crippen LogP contribution >= 0.6 is 0 Å². The fourth-order valence-electron chi connectivity index (χ4n) is 4.82. The van der Waals surface area contributed by atoms with Crippen LogP contribution in [0, 0.1) is 0 Å². The molecule has 4 fully saturated rings. The quantitative estimate of drug-likeness (QED) is 0.566. The first-order valence-corrected chi connectivity index (χ1v) is 10.9. The summed E-state index contributed by atoms with van der Waals surface area (Å²) in [6.07, 6.45) is 2.64. The van der Waals surface area contributed by atoms with E-state index in [1.807, 2.05) is 29.2 Å². The van der Waals surface area contributed by atoms with Gasteiger partial charge in [0.25, 0.3) is 5.91 Å². The van der Waals surface area contributed by atoms with Gasteiger partial charge in [-0.25, -0.2) is 0 Å². The van der Waals surface area contributed by atoms with Crippen molar-refractivity contribution in [2.45, 2.75) is 30.6 Å². The molecular weight excluding hydrogens is 384 g/mol. The zero-order valence-electron chi connectivity index (χ0n) is 17.2. The molecule has 4 aliphatic heterocycles. The average molecular weight is 415 g/mol. The normalized spacial score (nSPS) is 30.5. The molecule has 162 valence electrons. The van der Waals surface area contributed by atoms with E-state index in [-0.39, 0.29) is 31.1 Å². The molecule has 4 aliphatic rings. The van der Waals surface area contributed by atoms with E-state index in [1.54, 1.807) is 4.90 Å². The Labute approximate surface area is 176 Å². The van der Waals surface area contributed by atoms with E-state index in [2.05, 4.69) is 5.32 Å². The number of rotatable bonds is 3. The van der Waals surface area contributed by atoms with Crippen molar-refractivity contribution < 1.29 is 19.3 Å². The predicted molar refractivity (Wildman–Crippen MR) is 110 cm³/mol. The van der Waals surface area contributed by atoms with Crippen molar-refractivity contribution in [3.63, 3.8) is 0 Å². The number of nitrogens with two attached hydrogens (primary N) is 1. The van der Waals surface area contributed by atoms with Crippen LogP contribution in [0.2, 0.25) is 0 Å². The van der Waals surface area contributed by atoms with Gasteiger partial charge in [-0.15, -0.1) is 0 Å². The molecule has 1 aromatic carbocycles. The third kappa shape index (κ3) is 3.61. The highest BCUT2D eigenvalue weighted by atomic mass is 16.5. The monoisotopic (exact) mass is 414 g/mol. The number of piperazine rings is 1. The molecule has 4 heterocycles. The van der Waals surface area contributed by atoms with Crippen LogP contribution in [0.1, 0.15) is 34.8 Å². The second kappa shape index (κ2) is 7.90. The van der Waals surface area contributed by atoms with Gasteiger partial charge >= 0.3 is 0 Å². The predicted octanol–water partition coefficient (Wildman–Crippen LogP) is -1.36. The van der Waals surface area contributed by atoms with Gasteiger partial charge in [-0.2, -0.15) is 0 Å². The molecule has 1 aromatic rings. The molecule has 4 saturated heterocycles. The first-order valence-electron chi connectivity index (χ1n) is 10.9. The van der Waals surface area contributed by atoms with Gasteiger partial charge in [0.2, 0.25) is 5.91 Å². The maximum absolute atomic E-state index is 12.9. The molecule has 0 aliphatic carbocycles. The zero-order valence-corrected chi connectivity index (χ0v) is 17.2. The summed E-state index contributed by atoms with van der Waals surface area (Å²) >= 11 is 0. The van der Waals surface area contributed by atoms with Crippen molar-refractivity contribution in [2.75, 3.05) is 52.5 Å². The van der Waals surface area contributed by atoms with Gasteiger partial charge in [0.15, 0.2) is 0 Å². The Balaban J connectivity index is 1.16. The van der Waals surface area contributed by atoms with E-state index in [0.29, 0.717) is 37.9 Å². The van der Waals surface area contributed by atoms with Gasteiger partial charge in [-0.3, -0.25) is 14.9 Å². The summed E-state index contributed by atoms with van der Waals surface area (Å²) in [5, 5.41) is 4.79. The molecule has 3 atom stereocenters. The van der Waals surface area contributed by atoms with Gasteiger partial charge in [0, 0.05) is 44.7 Å². The minimum absolute atomic E-state index is 0.0121. The van der Waals surface area contributed by atoms with Crippen LogP contribution in [0.4, 0.5) is 0 Å². The number of amides is 2. The van der Waals surface area contributed by atoms with Crippen LogP contribution in [0.3, 0.4) is 0 Å². The van der Waals surface area contributed by atoms with Crippen molar-refractivity contribution >= 4 is 11.8 Å². The van der Waals surface area contributed by atoms with Gasteiger partial charge in [0.1, 0.15) is 11.7 Å². The Bertz CT molecular complexity index is 803. The third-order valence-corrected chi connectivity index (χ3v) is 6.77. The van der Waals surface area contributed by atoms with Crippen molar-refractivity contribution in [3.05, 3.63) is 40.8 Å². The van der Waals surface area contributed by atoms with Gasteiger partial charge < -0.3 is 30.7 Å². The van der Waals surface area contributed by atoms with E-state index in [0.717, 1.165) is 25.9 Å². The molecule has 9 nitrogen and oxygen atoms in total. The average Bonchev–Trinajstić information content (AvgIpc) is 3.24. The smallest absolute Gasteiger partial charge is 0.253 e.